The average Bonchev–Trinajstić information content (AvgIpc) is 2.75. The van der Waals surface area contributed by atoms with Crippen LogP contribution in [0.3, 0.4) is 0 Å². The number of halogens is 1. The molecule has 0 bridgehead atoms. The molecule has 0 saturated heterocycles. The molecule has 0 aliphatic rings. The van der Waals surface area contributed by atoms with Gasteiger partial charge in [-0.2, -0.15) is 0 Å². The van der Waals surface area contributed by atoms with Crippen LogP contribution < -0.4 is 5.32 Å². The molecular formula is C12H13FN2S2. The predicted molar refractivity (Wildman–Crippen MR) is 70.8 cm³/mol. The van der Waals surface area contributed by atoms with Gasteiger partial charge in [0.25, 0.3) is 0 Å². The van der Waals surface area contributed by atoms with Gasteiger partial charge in [0.1, 0.15) is 10.8 Å². The molecular weight excluding hydrogens is 255 g/mol. The van der Waals surface area contributed by atoms with Gasteiger partial charge in [-0.1, -0.05) is 6.07 Å². The Balaban J connectivity index is 1.93. The van der Waals surface area contributed by atoms with Gasteiger partial charge in [0.15, 0.2) is 0 Å². The van der Waals surface area contributed by atoms with Gasteiger partial charge in [-0.15, -0.1) is 23.1 Å². The van der Waals surface area contributed by atoms with Gasteiger partial charge in [0.2, 0.25) is 0 Å². The van der Waals surface area contributed by atoms with Crippen molar-refractivity contribution in [3.8, 4) is 0 Å². The average molecular weight is 268 g/mol. The van der Waals surface area contributed by atoms with E-state index in [2.05, 4.69) is 15.7 Å². The highest BCUT2D eigenvalue weighted by molar-refractivity contribution is 7.98. The number of nitrogens with zero attached hydrogens (tertiary/aromatic N) is 1. The Kier molecular flexibility index (Phi) is 4.53. The van der Waals surface area contributed by atoms with Gasteiger partial charge in [-0.05, 0) is 25.2 Å². The first-order valence-corrected chi connectivity index (χ1v) is 7.10. The molecule has 1 aromatic heterocycles. The minimum atomic E-state index is -0.190. The lowest BCUT2D eigenvalue weighted by Gasteiger charge is -1.99. The quantitative estimate of drug-likeness (QED) is 0.842. The van der Waals surface area contributed by atoms with Crippen molar-refractivity contribution in [3.05, 3.63) is 46.2 Å². The molecule has 2 rings (SSSR count). The van der Waals surface area contributed by atoms with Gasteiger partial charge in [0, 0.05) is 16.8 Å². The van der Waals surface area contributed by atoms with Crippen molar-refractivity contribution >= 4 is 23.1 Å². The Morgan fingerprint density at radius 2 is 2.35 bits per heavy atom. The highest BCUT2D eigenvalue weighted by Gasteiger charge is 2.03. The van der Waals surface area contributed by atoms with Crippen molar-refractivity contribution in [1.82, 2.24) is 10.3 Å². The van der Waals surface area contributed by atoms with E-state index in [1.54, 1.807) is 35.2 Å². The Morgan fingerprint density at radius 3 is 3.12 bits per heavy atom. The molecule has 0 fully saturated rings. The van der Waals surface area contributed by atoms with Crippen LogP contribution in [0.25, 0.3) is 0 Å². The first kappa shape index (κ1) is 12.5. The highest BCUT2D eigenvalue weighted by atomic mass is 32.2. The third-order valence-electron chi connectivity index (χ3n) is 2.12. The summed E-state index contributed by atoms with van der Waals surface area (Å²) in [7, 11) is 1.90. The van der Waals surface area contributed by atoms with E-state index in [1.807, 2.05) is 13.1 Å². The van der Waals surface area contributed by atoms with Crippen LogP contribution in [0.1, 0.15) is 10.7 Å². The molecule has 0 unspecified atom stereocenters. The van der Waals surface area contributed by atoms with Crippen LogP contribution in [-0.2, 0) is 12.3 Å². The number of hydrogen-bond acceptors (Lipinski definition) is 4. The zero-order chi connectivity index (χ0) is 12.1. The topological polar surface area (TPSA) is 24.9 Å². The van der Waals surface area contributed by atoms with Crippen LogP contribution in [0, 0.1) is 5.82 Å². The predicted octanol–water partition coefficient (Wildman–Crippen LogP) is 3.29. The molecule has 1 aromatic carbocycles. The number of hydrogen-bond donors (Lipinski definition) is 1. The van der Waals surface area contributed by atoms with Gasteiger partial charge >= 0.3 is 0 Å². The molecule has 90 valence electrons. The Bertz CT molecular complexity index is 485. The molecule has 0 atom stereocenters. The molecule has 0 aliphatic heterocycles. The summed E-state index contributed by atoms with van der Waals surface area (Å²) in [5.74, 6) is 0.600. The summed E-state index contributed by atoms with van der Waals surface area (Å²) in [6, 6.07) is 6.65. The largest absolute Gasteiger partial charge is 0.314 e. The van der Waals surface area contributed by atoms with E-state index in [-0.39, 0.29) is 5.82 Å². The van der Waals surface area contributed by atoms with E-state index in [4.69, 9.17) is 0 Å². The number of benzene rings is 1. The third kappa shape index (κ3) is 3.80. The normalized spacial score (nSPS) is 10.7. The summed E-state index contributed by atoms with van der Waals surface area (Å²) >= 11 is 3.25. The van der Waals surface area contributed by atoms with Crippen LogP contribution >= 0.6 is 23.1 Å². The van der Waals surface area contributed by atoms with Gasteiger partial charge in [-0.3, -0.25) is 0 Å². The zero-order valence-electron chi connectivity index (χ0n) is 9.44. The lowest BCUT2D eigenvalue weighted by molar-refractivity contribution is 0.624. The summed E-state index contributed by atoms with van der Waals surface area (Å²) in [5, 5.41) is 6.19. The minimum absolute atomic E-state index is 0.190. The molecule has 0 saturated carbocycles. The molecule has 0 radical (unpaired) electrons. The molecule has 5 heteroatoms. The van der Waals surface area contributed by atoms with E-state index in [0.29, 0.717) is 0 Å². The van der Waals surface area contributed by atoms with Gasteiger partial charge < -0.3 is 5.32 Å². The highest BCUT2D eigenvalue weighted by Crippen LogP contribution is 2.24. The minimum Gasteiger partial charge on any atom is -0.314 e. The summed E-state index contributed by atoms with van der Waals surface area (Å²) in [4.78, 5) is 5.42. The number of nitrogens with one attached hydrogen (secondary N) is 1. The van der Waals surface area contributed by atoms with E-state index < -0.39 is 0 Å². The molecule has 2 nitrogen and oxygen atoms in total. The van der Waals surface area contributed by atoms with Crippen LogP contribution in [0.5, 0.6) is 0 Å². The molecule has 1 heterocycles. The number of thiazole rings is 1. The summed E-state index contributed by atoms with van der Waals surface area (Å²) in [6.45, 7) is 0.793. The molecule has 0 spiro atoms. The maximum Gasteiger partial charge on any atom is 0.124 e. The monoisotopic (exact) mass is 268 g/mol. The molecule has 0 amide bonds. The van der Waals surface area contributed by atoms with Crippen LogP contribution in [0.15, 0.2) is 34.5 Å². The second kappa shape index (κ2) is 6.14. The summed E-state index contributed by atoms with van der Waals surface area (Å²) in [6.07, 6.45) is 0. The second-order valence-corrected chi connectivity index (χ2v) is 5.50. The van der Waals surface area contributed by atoms with Crippen molar-refractivity contribution < 1.29 is 4.39 Å². The Morgan fingerprint density at radius 1 is 1.47 bits per heavy atom. The fraction of sp³-hybridized carbons (Fsp3) is 0.250. The van der Waals surface area contributed by atoms with Crippen molar-refractivity contribution in [2.24, 2.45) is 0 Å². The fourth-order valence-corrected chi connectivity index (χ4v) is 3.13. The second-order valence-electron chi connectivity index (χ2n) is 3.51. The van der Waals surface area contributed by atoms with Gasteiger partial charge in [-0.25, -0.2) is 9.37 Å². The van der Waals surface area contributed by atoms with Crippen molar-refractivity contribution in [2.45, 2.75) is 17.2 Å². The van der Waals surface area contributed by atoms with E-state index in [0.717, 1.165) is 27.9 Å². The summed E-state index contributed by atoms with van der Waals surface area (Å²) < 4.78 is 13.0. The lowest BCUT2D eigenvalue weighted by atomic mass is 10.4. The van der Waals surface area contributed by atoms with E-state index in [1.165, 1.54) is 6.07 Å². The van der Waals surface area contributed by atoms with Crippen molar-refractivity contribution in [3.63, 3.8) is 0 Å². The van der Waals surface area contributed by atoms with Crippen molar-refractivity contribution in [1.29, 1.82) is 0 Å². The fourth-order valence-electron chi connectivity index (χ4n) is 1.38. The van der Waals surface area contributed by atoms with E-state index >= 15 is 0 Å². The van der Waals surface area contributed by atoms with Gasteiger partial charge in [0.05, 0.1) is 11.4 Å². The maximum atomic E-state index is 13.0. The maximum absolute atomic E-state index is 13.0. The standard InChI is InChI=1S/C12H13FN2S2/c1-14-6-10-7-17-12(15-10)8-16-11-4-2-3-9(13)5-11/h2-5,7,14H,6,8H2,1H3. The first-order chi connectivity index (χ1) is 8.28. The molecule has 0 aliphatic carbocycles. The number of rotatable bonds is 5. The lowest BCUT2D eigenvalue weighted by Crippen LogP contribution is -2.05. The molecule has 1 N–H and O–H groups in total. The first-order valence-electron chi connectivity index (χ1n) is 5.24. The summed E-state index contributed by atoms with van der Waals surface area (Å²) in [5.41, 5.74) is 1.06. The van der Waals surface area contributed by atoms with Crippen LogP contribution in [0.2, 0.25) is 0 Å². The third-order valence-corrected chi connectivity index (χ3v) is 4.20. The molecule has 2 aromatic rings. The molecule has 17 heavy (non-hydrogen) atoms. The zero-order valence-corrected chi connectivity index (χ0v) is 11.1. The van der Waals surface area contributed by atoms with E-state index in [9.17, 15) is 4.39 Å². The smallest absolute Gasteiger partial charge is 0.124 e. The van der Waals surface area contributed by atoms with Crippen molar-refractivity contribution in [2.75, 3.05) is 7.05 Å². The number of thioether (sulfide) groups is 1. The number of aromatic nitrogens is 1. The van der Waals surface area contributed by atoms with Crippen LogP contribution in [-0.4, -0.2) is 12.0 Å². The Hall–Kier alpha value is -0.910. The Labute approximate surface area is 108 Å². The SMILES string of the molecule is CNCc1csc(CSc2cccc(F)c2)n1. The van der Waals surface area contributed by atoms with Crippen LogP contribution in [0.4, 0.5) is 4.39 Å².